The van der Waals surface area contributed by atoms with E-state index < -0.39 is 5.97 Å². The van der Waals surface area contributed by atoms with Crippen molar-refractivity contribution in [3.63, 3.8) is 0 Å². The van der Waals surface area contributed by atoms with E-state index in [4.69, 9.17) is 5.11 Å². The van der Waals surface area contributed by atoms with Gasteiger partial charge in [-0.15, -0.1) is 0 Å². The van der Waals surface area contributed by atoms with Gasteiger partial charge in [0.1, 0.15) is 5.82 Å². The van der Waals surface area contributed by atoms with Crippen molar-refractivity contribution in [3.8, 4) is 0 Å². The van der Waals surface area contributed by atoms with Crippen LogP contribution in [0.15, 0.2) is 22.7 Å². The van der Waals surface area contributed by atoms with E-state index in [2.05, 4.69) is 15.9 Å². The number of hydrogen-bond donors (Lipinski definition) is 1. The molecule has 3 nitrogen and oxygen atoms in total. The van der Waals surface area contributed by atoms with Crippen LogP contribution in [0, 0.1) is 5.82 Å². The van der Waals surface area contributed by atoms with Gasteiger partial charge in [0.25, 0.3) is 0 Å². The molecular formula is C12H15BrFNO2. The topological polar surface area (TPSA) is 40.5 Å². The lowest BCUT2D eigenvalue weighted by Gasteiger charge is -2.20. The molecule has 0 aliphatic heterocycles. The summed E-state index contributed by atoms with van der Waals surface area (Å²) in [6, 6.07) is 4.75. The highest BCUT2D eigenvalue weighted by Crippen LogP contribution is 2.21. The molecule has 1 aromatic carbocycles. The van der Waals surface area contributed by atoms with Gasteiger partial charge in [-0.3, -0.25) is 9.69 Å². The number of aliphatic carboxylic acids is 1. The molecule has 0 aliphatic rings. The number of rotatable bonds is 6. The molecule has 0 aromatic heterocycles. The summed E-state index contributed by atoms with van der Waals surface area (Å²) >= 11 is 3.28. The van der Waals surface area contributed by atoms with Crippen molar-refractivity contribution in [1.82, 2.24) is 4.90 Å². The molecule has 1 rings (SSSR count). The lowest BCUT2D eigenvalue weighted by atomic mass is 10.2. The van der Waals surface area contributed by atoms with Crippen LogP contribution >= 0.6 is 15.9 Å². The van der Waals surface area contributed by atoms with Gasteiger partial charge in [0.2, 0.25) is 0 Å². The third kappa shape index (κ3) is 4.44. The Bertz CT molecular complexity index is 378. The van der Waals surface area contributed by atoms with Crippen LogP contribution in [0.3, 0.4) is 0 Å². The van der Waals surface area contributed by atoms with Gasteiger partial charge in [0, 0.05) is 16.6 Å². The Morgan fingerprint density at radius 2 is 2.24 bits per heavy atom. The standard InChI is InChI=1S/C12H15BrFNO2/c1-2-6-15(8-12(16)17)7-9-10(13)4-3-5-11(9)14/h3-5H,2,6-8H2,1H3,(H,16,17). The number of carboxylic acid groups (broad SMARTS) is 1. The molecule has 0 unspecified atom stereocenters. The summed E-state index contributed by atoms with van der Waals surface area (Å²) in [6.45, 7) is 2.82. The van der Waals surface area contributed by atoms with Crippen LogP contribution in [-0.4, -0.2) is 29.1 Å². The number of halogens is 2. The summed E-state index contributed by atoms with van der Waals surface area (Å²) in [5.74, 6) is -1.21. The highest BCUT2D eigenvalue weighted by Gasteiger charge is 2.14. The van der Waals surface area contributed by atoms with Crippen molar-refractivity contribution in [2.75, 3.05) is 13.1 Å². The summed E-state index contributed by atoms with van der Waals surface area (Å²) in [7, 11) is 0. The van der Waals surface area contributed by atoms with Gasteiger partial charge in [-0.1, -0.05) is 28.9 Å². The Kier molecular flexibility index (Phi) is 5.58. The maximum Gasteiger partial charge on any atom is 0.317 e. The number of benzene rings is 1. The molecule has 0 atom stereocenters. The van der Waals surface area contributed by atoms with Gasteiger partial charge >= 0.3 is 5.97 Å². The second kappa shape index (κ2) is 6.71. The van der Waals surface area contributed by atoms with E-state index in [1.54, 1.807) is 17.0 Å². The normalized spacial score (nSPS) is 10.8. The number of carboxylic acids is 1. The van der Waals surface area contributed by atoms with Gasteiger partial charge in [-0.2, -0.15) is 0 Å². The lowest BCUT2D eigenvalue weighted by Crippen LogP contribution is -2.30. The van der Waals surface area contributed by atoms with Crippen LogP contribution in [0.2, 0.25) is 0 Å². The number of carbonyl (C=O) groups is 1. The van der Waals surface area contributed by atoms with Crippen LogP contribution in [0.5, 0.6) is 0 Å². The van der Waals surface area contributed by atoms with Crippen molar-refractivity contribution in [3.05, 3.63) is 34.1 Å². The fourth-order valence-corrected chi connectivity index (χ4v) is 2.10. The van der Waals surface area contributed by atoms with E-state index in [1.165, 1.54) is 6.07 Å². The first-order chi connectivity index (χ1) is 8.04. The van der Waals surface area contributed by atoms with Gasteiger partial charge in [-0.05, 0) is 25.1 Å². The molecule has 5 heteroatoms. The summed E-state index contributed by atoms with van der Waals surface area (Å²) in [5, 5.41) is 8.78. The van der Waals surface area contributed by atoms with Crippen molar-refractivity contribution in [1.29, 1.82) is 0 Å². The molecule has 0 fully saturated rings. The van der Waals surface area contributed by atoms with E-state index >= 15 is 0 Å². The zero-order chi connectivity index (χ0) is 12.8. The summed E-state index contributed by atoms with van der Waals surface area (Å²) in [6.07, 6.45) is 0.833. The molecule has 0 bridgehead atoms. The molecule has 0 saturated heterocycles. The van der Waals surface area contributed by atoms with Gasteiger partial charge in [0.15, 0.2) is 0 Å². The van der Waals surface area contributed by atoms with Crippen molar-refractivity contribution < 1.29 is 14.3 Å². The summed E-state index contributed by atoms with van der Waals surface area (Å²) in [5.41, 5.74) is 0.502. The predicted molar refractivity (Wildman–Crippen MR) is 67.3 cm³/mol. The largest absolute Gasteiger partial charge is 0.480 e. The van der Waals surface area contributed by atoms with Gasteiger partial charge in [0.05, 0.1) is 6.54 Å². The molecule has 0 spiro atoms. The monoisotopic (exact) mass is 303 g/mol. The van der Waals surface area contributed by atoms with Gasteiger partial charge < -0.3 is 5.11 Å². The first-order valence-electron chi connectivity index (χ1n) is 5.41. The molecule has 17 heavy (non-hydrogen) atoms. The Hall–Kier alpha value is -0.940. The fraction of sp³-hybridized carbons (Fsp3) is 0.417. The third-order valence-corrected chi connectivity index (χ3v) is 3.09. The molecule has 0 aliphatic carbocycles. The number of hydrogen-bond acceptors (Lipinski definition) is 2. The van der Waals surface area contributed by atoms with E-state index in [9.17, 15) is 9.18 Å². The van der Waals surface area contributed by atoms with Crippen LogP contribution in [0.4, 0.5) is 4.39 Å². The predicted octanol–water partition coefficient (Wildman–Crippen LogP) is 2.88. The van der Waals surface area contributed by atoms with Crippen LogP contribution < -0.4 is 0 Å². The molecule has 94 valence electrons. The highest BCUT2D eigenvalue weighted by molar-refractivity contribution is 9.10. The van der Waals surface area contributed by atoms with Crippen LogP contribution in [0.25, 0.3) is 0 Å². The first kappa shape index (κ1) is 14.1. The fourth-order valence-electron chi connectivity index (χ4n) is 1.63. The van der Waals surface area contributed by atoms with Crippen molar-refractivity contribution >= 4 is 21.9 Å². The first-order valence-corrected chi connectivity index (χ1v) is 6.21. The second-order valence-electron chi connectivity index (χ2n) is 3.80. The molecular weight excluding hydrogens is 289 g/mol. The summed E-state index contributed by atoms with van der Waals surface area (Å²) < 4.78 is 14.3. The van der Waals surface area contributed by atoms with Gasteiger partial charge in [-0.25, -0.2) is 4.39 Å². The van der Waals surface area contributed by atoms with Crippen molar-refractivity contribution in [2.45, 2.75) is 19.9 Å². The van der Waals surface area contributed by atoms with E-state index in [-0.39, 0.29) is 12.4 Å². The SMILES string of the molecule is CCCN(CC(=O)O)Cc1c(F)cccc1Br. The lowest BCUT2D eigenvalue weighted by molar-refractivity contribution is -0.138. The van der Waals surface area contributed by atoms with Crippen LogP contribution in [0.1, 0.15) is 18.9 Å². The van der Waals surface area contributed by atoms with E-state index in [0.29, 0.717) is 23.1 Å². The van der Waals surface area contributed by atoms with E-state index in [0.717, 1.165) is 6.42 Å². The minimum absolute atomic E-state index is 0.0748. The smallest absolute Gasteiger partial charge is 0.317 e. The molecule has 0 heterocycles. The molecule has 1 aromatic rings. The Balaban J connectivity index is 2.81. The minimum Gasteiger partial charge on any atom is -0.480 e. The molecule has 1 N–H and O–H groups in total. The maximum atomic E-state index is 13.6. The average molecular weight is 304 g/mol. The Labute approximate surface area is 108 Å². The Morgan fingerprint density at radius 3 is 2.76 bits per heavy atom. The zero-order valence-corrected chi connectivity index (χ0v) is 11.2. The highest BCUT2D eigenvalue weighted by atomic mass is 79.9. The molecule has 0 amide bonds. The second-order valence-corrected chi connectivity index (χ2v) is 4.66. The average Bonchev–Trinajstić information content (AvgIpc) is 2.23. The van der Waals surface area contributed by atoms with E-state index in [1.807, 2.05) is 6.92 Å². The number of nitrogens with zero attached hydrogens (tertiary/aromatic N) is 1. The minimum atomic E-state index is -0.897. The molecule has 0 saturated carbocycles. The van der Waals surface area contributed by atoms with Crippen molar-refractivity contribution in [2.24, 2.45) is 0 Å². The Morgan fingerprint density at radius 1 is 1.53 bits per heavy atom. The zero-order valence-electron chi connectivity index (χ0n) is 9.62. The molecule has 0 radical (unpaired) electrons. The van der Waals surface area contributed by atoms with Crippen LogP contribution in [-0.2, 0) is 11.3 Å². The summed E-state index contributed by atoms with van der Waals surface area (Å²) in [4.78, 5) is 12.4. The third-order valence-electron chi connectivity index (χ3n) is 2.34. The maximum absolute atomic E-state index is 13.6. The quantitative estimate of drug-likeness (QED) is 0.878.